The Morgan fingerprint density at radius 2 is 1.79 bits per heavy atom. The predicted octanol–water partition coefficient (Wildman–Crippen LogP) is 4.15. The molecule has 0 spiro atoms. The van der Waals surface area contributed by atoms with Crippen molar-refractivity contribution in [2.75, 3.05) is 22.9 Å². The summed E-state index contributed by atoms with van der Waals surface area (Å²) in [6.45, 7) is 2.61. The Labute approximate surface area is 195 Å². The topological polar surface area (TPSA) is 109 Å². The van der Waals surface area contributed by atoms with Gasteiger partial charge in [0.05, 0.1) is 5.69 Å². The summed E-state index contributed by atoms with van der Waals surface area (Å²) in [6.07, 6.45) is 4.36. The Hall–Kier alpha value is -3.34. The number of rotatable bonds is 4. The number of carbonyl (C=O) groups is 1. The van der Waals surface area contributed by atoms with Crippen LogP contribution < -0.4 is 14.9 Å². The minimum atomic E-state index is -3.88. The lowest BCUT2D eigenvalue weighted by Gasteiger charge is -2.34. The summed E-state index contributed by atoms with van der Waals surface area (Å²) in [5.41, 5.74) is 3.18. The van der Waals surface area contributed by atoms with Crippen molar-refractivity contribution in [3.8, 4) is 11.1 Å². The molecule has 2 amide bonds. The number of hydrogen-bond acceptors (Lipinski definition) is 6. The predicted molar refractivity (Wildman–Crippen MR) is 130 cm³/mol. The van der Waals surface area contributed by atoms with Gasteiger partial charge in [-0.3, -0.25) is 14.8 Å². The number of amides is 2. The Bertz CT molecular complexity index is 1460. The van der Waals surface area contributed by atoms with Gasteiger partial charge in [0.1, 0.15) is 0 Å². The van der Waals surface area contributed by atoms with E-state index in [0.29, 0.717) is 23.9 Å². The molecule has 0 bridgehead atoms. The van der Waals surface area contributed by atoms with Crippen molar-refractivity contribution in [3.05, 3.63) is 66.6 Å². The number of nitrogens with zero attached hydrogens (tertiary/aromatic N) is 4. The summed E-state index contributed by atoms with van der Waals surface area (Å²) in [5, 5.41) is 7.80. The smallest absolute Gasteiger partial charge is 0.294 e. The molecule has 1 fully saturated rings. The maximum Gasteiger partial charge on any atom is 0.330 e. The van der Waals surface area contributed by atoms with E-state index in [1.807, 2.05) is 42.6 Å². The van der Waals surface area contributed by atoms with Crippen LogP contribution in [0, 0.1) is 6.92 Å². The fourth-order valence-corrected chi connectivity index (χ4v) is 6.04. The SMILES string of the molecule is Cc1nc(N2CCCN(c3ccc(-c4cccc5ccncc45)cc3)C2=O)sc1S(N)(=O)=O. The molecule has 168 valence electrons. The first-order chi connectivity index (χ1) is 15.8. The Morgan fingerprint density at radius 3 is 2.52 bits per heavy atom. The summed E-state index contributed by atoms with van der Waals surface area (Å²) in [5.74, 6) is 0. The zero-order valence-electron chi connectivity index (χ0n) is 17.8. The average molecular weight is 480 g/mol. The van der Waals surface area contributed by atoms with E-state index in [9.17, 15) is 13.2 Å². The number of urea groups is 1. The van der Waals surface area contributed by atoms with E-state index >= 15 is 0 Å². The van der Waals surface area contributed by atoms with Crippen LogP contribution >= 0.6 is 11.3 Å². The first kappa shape index (κ1) is 21.5. The average Bonchev–Trinajstić information content (AvgIpc) is 3.21. The number of fused-ring (bicyclic) bond motifs is 1. The van der Waals surface area contributed by atoms with Crippen molar-refractivity contribution in [3.63, 3.8) is 0 Å². The van der Waals surface area contributed by atoms with Crippen LogP contribution in [0.3, 0.4) is 0 Å². The van der Waals surface area contributed by atoms with Gasteiger partial charge in [0, 0.05) is 36.6 Å². The summed E-state index contributed by atoms with van der Waals surface area (Å²) in [6, 6.07) is 15.7. The van der Waals surface area contributed by atoms with Gasteiger partial charge in [0.2, 0.25) is 10.0 Å². The molecule has 5 rings (SSSR count). The Kier molecular flexibility index (Phi) is 5.35. The lowest BCUT2D eigenvalue weighted by molar-refractivity contribution is 0.248. The molecule has 1 aliphatic heterocycles. The van der Waals surface area contributed by atoms with Crippen molar-refractivity contribution in [2.24, 2.45) is 5.14 Å². The zero-order chi connectivity index (χ0) is 23.2. The zero-order valence-corrected chi connectivity index (χ0v) is 19.4. The van der Waals surface area contributed by atoms with Crippen molar-refractivity contribution in [1.29, 1.82) is 0 Å². The van der Waals surface area contributed by atoms with E-state index < -0.39 is 10.0 Å². The second kappa shape index (κ2) is 8.22. The second-order valence-electron chi connectivity index (χ2n) is 7.80. The molecule has 0 atom stereocenters. The Balaban J connectivity index is 1.43. The fraction of sp³-hybridized carbons (Fsp3) is 0.174. The highest BCUT2D eigenvalue weighted by atomic mass is 32.2. The highest BCUT2D eigenvalue weighted by Crippen LogP contribution is 2.33. The van der Waals surface area contributed by atoms with Gasteiger partial charge in [-0.1, -0.05) is 41.7 Å². The Morgan fingerprint density at radius 1 is 1.03 bits per heavy atom. The molecule has 0 aliphatic carbocycles. The van der Waals surface area contributed by atoms with E-state index in [2.05, 4.69) is 22.1 Å². The van der Waals surface area contributed by atoms with Crippen LogP contribution in [0.15, 0.2) is 65.1 Å². The van der Waals surface area contributed by atoms with Gasteiger partial charge < -0.3 is 0 Å². The fourth-order valence-electron chi connectivity index (χ4n) is 4.08. The molecule has 0 radical (unpaired) electrons. The highest BCUT2D eigenvalue weighted by Gasteiger charge is 2.31. The number of hydrogen-bond donors (Lipinski definition) is 1. The molecule has 4 aromatic rings. The third-order valence-electron chi connectivity index (χ3n) is 5.63. The lowest BCUT2D eigenvalue weighted by Crippen LogP contribution is -2.49. The summed E-state index contributed by atoms with van der Waals surface area (Å²) in [7, 11) is -3.88. The van der Waals surface area contributed by atoms with Gasteiger partial charge in [0.15, 0.2) is 9.34 Å². The van der Waals surface area contributed by atoms with E-state index in [0.717, 1.165) is 45.3 Å². The maximum atomic E-state index is 13.3. The largest absolute Gasteiger partial charge is 0.330 e. The minimum Gasteiger partial charge on any atom is -0.294 e. The number of pyridine rings is 1. The quantitative estimate of drug-likeness (QED) is 0.473. The molecule has 3 heterocycles. The van der Waals surface area contributed by atoms with Crippen molar-refractivity contribution < 1.29 is 13.2 Å². The van der Waals surface area contributed by atoms with Crippen molar-refractivity contribution in [1.82, 2.24) is 9.97 Å². The molecule has 2 N–H and O–H groups in total. The number of aryl methyl sites for hydroxylation is 1. The van der Waals surface area contributed by atoms with Crippen LogP contribution in [0.5, 0.6) is 0 Å². The number of anilines is 2. The van der Waals surface area contributed by atoms with Gasteiger partial charge in [-0.15, -0.1) is 0 Å². The number of carbonyl (C=O) groups excluding carboxylic acids is 1. The van der Waals surface area contributed by atoms with E-state index in [1.165, 1.54) is 4.90 Å². The third kappa shape index (κ3) is 3.97. The number of primary sulfonamides is 1. The number of nitrogens with two attached hydrogens (primary N) is 1. The van der Waals surface area contributed by atoms with Gasteiger partial charge in [0.25, 0.3) is 0 Å². The summed E-state index contributed by atoms with van der Waals surface area (Å²) < 4.78 is 23.5. The maximum absolute atomic E-state index is 13.3. The van der Waals surface area contributed by atoms with Crippen LogP contribution in [0.25, 0.3) is 21.9 Å². The molecule has 33 heavy (non-hydrogen) atoms. The van der Waals surface area contributed by atoms with Crippen LogP contribution in [-0.4, -0.2) is 37.5 Å². The third-order valence-corrected chi connectivity index (χ3v) is 8.37. The molecule has 10 heteroatoms. The monoisotopic (exact) mass is 479 g/mol. The van der Waals surface area contributed by atoms with Gasteiger partial charge in [-0.05, 0) is 48.1 Å². The molecule has 0 saturated carbocycles. The molecule has 0 unspecified atom stereocenters. The standard InChI is InChI=1S/C23H21N5O3S2/c1-15-21(33(24,30)31)32-22(26-15)28-13-3-12-27(23(28)29)18-8-6-17(7-9-18)19-5-2-4-16-10-11-25-14-20(16)19/h2,4-11,14H,3,12-13H2,1H3,(H2,24,30,31). The first-order valence-electron chi connectivity index (χ1n) is 10.4. The number of aromatic nitrogens is 2. The first-order valence-corrected chi connectivity index (χ1v) is 12.7. The van der Waals surface area contributed by atoms with Gasteiger partial charge in [-0.25, -0.2) is 23.3 Å². The normalized spacial score (nSPS) is 14.8. The van der Waals surface area contributed by atoms with E-state index in [-0.39, 0.29) is 10.2 Å². The summed E-state index contributed by atoms with van der Waals surface area (Å²) >= 11 is 0.923. The molecule has 2 aromatic heterocycles. The number of benzene rings is 2. The highest BCUT2D eigenvalue weighted by molar-refractivity contribution is 7.91. The van der Waals surface area contributed by atoms with Crippen LogP contribution in [0.4, 0.5) is 15.6 Å². The second-order valence-corrected chi connectivity index (χ2v) is 10.5. The van der Waals surface area contributed by atoms with E-state index in [1.54, 1.807) is 18.0 Å². The molecular formula is C23H21N5O3S2. The number of sulfonamides is 1. The van der Waals surface area contributed by atoms with Gasteiger partial charge in [-0.2, -0.15) is 0 Å². The van der Waals surface area contributed by atoms with Crippen LogP contribution in [0.2, 0.25) is 0 Å². The van der Waals surface area contributed by atoms with E-state index in [4.69, 9.17) is 5.14 Å². The molecule has 8 nitrogen and oxygen atoms in total. The molecule has 1 saturated heterocycles. The minimum absolute atomic E-state index is 0.0173. The lowest BCUT2D eigenvalue weighted by atomic mass is 9.99. The van der Waals surface area contributed by atoms with Crippen LogP contribution in [0.1, 0.15) is 12.1 Å². The molecular weight excluding hydrogens is 458 g/mol. The molecule has 1 aliphatic rings. The van der Waals surface area contributed by atoms with Crippen molar-refractivity contribution >= 4 is 49.0 Å². The van der Waals surface area contributed by atoms with Gasteiger partial charge >= 0.3 is 6.03 Å². The summed E-state index contributed by atoms with van der Waals surface area (Å²) in [4.78, 5) is 25.0. The number of thiazole rings is 1. The molecule has 2 aromatic carbocycles. The van der Waals surface area contributed by atoms with Crippen molar-refractivity contribution in [2.45, 2.75) is 17.6 Å². The van der Waals surface area contributed by atoms with Crippen LogP contribution in [-0.2, 0) is 10.0 Å².